The molecule has 0 fully saturated rings. The second-order valence-electron chi connectivity index (χ2n) is 5.43. The number of amides is 1. The van der Waals surface area contributed by atoms with Gasteiger partial charge >= 0.3 is 0 Å². The summed E-state index contributed by atoms with van der Waals surface area (Å²) in [5, 5.41) is 3.64. The number of carbonyl (C=O) groups excluding carboxylic acids is 1. The minimum Gasteiger partial charge on any atom is -0.483 e. The maximum absolute atomic E-state index is 12.1. The van der Waals surface area contributed by atoms with Crippen LogP contribution >= 0.6 is 34.8 Å². The third kappa shape index (κ3) is 4.79. The van der Waals surface area contributed by atoms with Crippen molar-refractivity contribution in [1.82, 2.24) is 0 Å². The normalized spacial score (nSPS) is 11.9. The maximum atomic E-state index is 12.1. The van der Waals surface area contributed by atoms with E-state index in [-0.39, 0.29) is 12.5 Å². The van der Waals surface area contributed by atoms with Crippen molar-refractivity contribution in [1.29, 1.82) is 0 Å². The largest absolute Gasteiger partial charge is 0.483 e. The van der Waals surface area contributed by atoms with Crippen molar-refractivity contribution in [2.24, 2.45) is 0 Å². The Morgan fingerprint density at radius 2 is 1.79 bits per heavy atom. The van der Waals surface area contributed by atoms with E-state index in [9.17, 15) is 4.79 Å². The first kappa shape index (κ1) is 18.9. The number of rotatable bonds is 6. The highest BCUT2D eigenvalue weighted by Gasteiger charge is 2.13. The number of hydrogen-bond acceptors (Lipinski definition) is 2. The van der Waals surface area contributed by atoms with E-state index in [2.05, 4.69) is 19.2 Å². The number of benzene rings is 2. The molecule has 0 heterocycles. The molecular weight excluding hydrogens is 369 g/mol. The first-order valence-electron chi connectivity index (χ1n) is 7.58. The molecule has 0 spiro atoms. The average molecular weight is 387 g/mol. The summed E-state index contributed by atoms with van der Waals surface area (Å²) in [5.74, 6) is 0.741. The fraction of sp³-hybridized carbons (Fsp3) is 0.278. The molecule has 0 aliphatic heterocycles. The average Bonchev–Trinajstić information content (AvgIpc) is 2.57. The zero-order chi connectivity index (χ0) is 17.7. The first-order valence-corrected chi connectivity index (χ1v) is 8.71. The van der Waals surface area contributed by atoms with Crippen LogP contribution in [0.4, 0.5) is 5.69 Å². The van der Waals surface area contributed by atoms with Crippen LogP contribution in [0.2, 0.25) is 15.1 Å². The number of carbonyl (C=O) groups is 1. The van der Waals surface area contributed by atoms with Crippen LogP contribution in [0.5, 0.6) is 5.75 Å². The van der Waals surface area contributed by atoms with Gasteiger partial charge in [0.1, 0.15) is 5.75 Å². The summed E-state index contributed by atoms with van der Waals surface area (Å²) >= 11 is 17.9. The van der Waals surface area contributed by atoms with Gasteiger partial charge in [-0.2, -0.15) is 0 Å². The van der Waals surface area contributed by atoms with E-state index in [0.717, 1.165) is 12.0 Å². The van der Waals surface area contributed by atoms with Gasteiger partial charge in [0, 0.05) is 0 Å². The van der Waals surface area contributed by atoms with E-state index >= 15 is 0 Å². The number of para-hydroxylation sites is 1. The monoisotopic (exact) mass is 385 g/mol. The summed E-state index contributed by atoms with van der Waals surface area (Å²) < 4.78 is 5.67. The van der Waals surface area contributed by atoms with Crippen molar-refractivity contribution in [2.45, 2.75) is 26.2 Å². The van der Waals surface area contributed by atoms with Gasteiger partial charge in [0.2, 0.25) is 0 Å². The molecule has 1 atom stereocenters. The minimum atomic E-state index is -0.325. The predicted octanol–water partition coefficient (Wildman–Crippen LogP) is 6.18. The zero-order valence-electron chi connectivity index (χ0n) is 13.4. The van der Waals surface area contributed by atoms with Gasteiger partial charge in [-0.05, 0) is 36.1 Å². The maximum Gasteiger partial charge on any atom is 0.262 e. The molecule has 3 nitrogen and oxygen atoms in total. The Bertz CT molecular complexity index is 734. The Balaban J connectivity index is 2.03. The Morgan fingerprint density at radius 3 is 2.50 bits per heavy atom. The second-order valence-corrected chi connectivity index (χ2v) is 6.65. The van der Waals surface area contributed by atoms with Crippen LogP contribution in [0.15, 0.2) is 36.4 Å². The highest BCUT2D eigenvalue weighted by molar-refractivity contribution is 6.44. The summed E-state index contributed by atoms with van der Waals surface area (Å²) in [6, 6.07) is 10.7. The third-order valence-electron chi connectivity index (χ3n) is 3.71. The molecule has 0 saturated carbocycles. The van der Waals surface area contributed by atoms with Gasteiger partial charge in [0.15, 0.2) is 6.61 Å². The molecule has 0 aliphatic carbocycles. The number of anilines is 1. The van der Waals surface area contributed by atoms with Crippen LogP contribution in [0.3, 0.4) is 0 Å². The fourth-order valence-corrected chi connectivity index (χ4v) is 2.78. The van der Waals surface area contributed by atoms with Gasteiger partial charge in [-0.15, -0.1) is 0 Å². The Kier molecular flexibility index (Phi) is 6.79. The molecular formula is C18H18Cl3NO2. The Labute approximate surface area is 156 Å². The Hall–Kier alpha value is -1.42. The molecule has 128 valence electrons. The molecule has 1 N–H and O–H groups in total. The molecule has 0 radical (unpaired) electrons. The van der Waals surface area contributed by atoms with Crippen LogP contribution in [-0.2, 0) is 4.79 Å². The number of nitrogens with one attached hydrogen (secondary N) is 1. The van der Waals surface area contributed by atoms with Gasteiger partial charge in [-0.1, -0.05) is 66.8 Å². The van der Waals surface area contributed by atoms with E-state index in [0.29, 0.717) is 32.4 Å². The van der Waals surface area contributed by atoms with Crippen LogP contribution in [0.1, 0.15) is 31.7 Å². The molecule has 0 saturated heterocycles. The van der Waals surface area contributed by atoms with Gasteiger partial charge in [0.05, 0.1) is 20.8 Å². The lowest BCUT2D eigenvalue weighted by atomic mass is 9.98. The molecule has 0 aromatic heterocycles. The standard InChI is InChI=1S/C18H18Cl3NO2/c1-3-11(2)12-6-4-5-7-17(12)24-10-18(23)22-16-9-14(20)13(19)8-15(16)21/h4-9,11H,3,10H2,1-2H3,(H,22,23)/t11-/m0/s1. The van der Waals surface area contributed by atoms with Crippen LogP contribution < -0.4 is 10.1 Å². The molecule has 6 heteroatoms. The van der Waals surface area contributed by atoms with Crippen molar-refractivity contribution in [3.05, 3.63) is 57.0 Å². The van der Waals surface area contributed by atoms with E-state index < -0.39 is 0 Å². The predicted molar refractivity (Wildman–Crippen MR) is 101 cm³/mol. The lowest BCUT2D eigenvalue weighted by Gasteiger charge is -2.15. The Morgan fingerprint density at radius 1 is 1.12 bits per heavy atom. The van der Waals surface area contributed by atoms with Crippen molar-refractivity contribution in [3.63, 3.8) is 0 Å². The van der Waals surface area contributed by atoms with Crippen LogP contribution in [0, 0.1) is 0 Å². The van der Waals surface area contributed by atoms with Crippen LogP contribution in [0.25, 0.3) is 0 Å². The van der Waals surface area contributed by atoms with Gasteiger partial charge in [0.25, 0.3) is 5.91 Å². The second kappa shape index (κ2) is 8.61. The van der Waals surface area contributed by atoms with Gasteiger partial charge < -0.3 is 10.1 Å². The summed E-state index contributed by atoms with van der Waals surface area (Å²) in [4.78, 5) is 12.1. The summed E-state index contributed by atoms with van der Waals surface area (Å²) in [6.45, 7) is 4.11. The molecule has 2 rings (SSSR count). The molecule has 0 bridgehead atoms. The topological polar surface area (TPSA) is 38.3 Å². The molecule has 2 aromatic rings. The summed E-state index contributed by atoms with van der Waals surface area (Å²) in [5.41, 5.74) is 1.48. The molecule has 24 heavy (non-hydrogen) atoms. The molecule has 1 amide bonds. The summed E-state index contributed by atoms with van der Waals surface area (Å²) in [7, 11) is 0. The lowest BCUT2D eigenvalue weighted by Crippen LogP contribution is -2.20. The van der Waals surface area contributed by atoms with E-state index in [1.54, 1.807) is 0 Å². The van der Waals surface area contributed by atoms with Crippen molar-refractivity contribution in [3.8, 4) is 5.75 Å². The lowest BCUT2D eigenvalue weighted by molar-refractivity contribution is -0.118. The quantitative estimate of drug-likeness (QED) is 0.602. The molecule has 0 aliphatic rings. The van der Waals surface area contributed by atoms with Crippen molar-refractivity contribution < 1.29 is 9.53 Å². The fourth-order valence-electron chi connectivity index (χ4n) is 2.19. The van der Waals surface area contributed by atoms with E-state index in [1.165, 1.54) is 12.1 Å². The van der Waals surface area contributed by atoms with Crippen molar-refractivity contribution >= 4 is 46.4 Å². The third-order valence-corrected chi connectivity index (χ3v) is 4.74. The van der Waals surface area contributed by atoms with E-state index in [4.69, 9.17) is 39.5 Å². The van der Waals surface area contributed by atoms with E-state index in [1.807, 2.05) is 24.3 Å². The molecule has 2 aromatic carbocycles. The highest BCUT2D eigenvalue weighted by atomic mass is 35.5. The highest BCUT2D eigenvalue weighted by Crippen LogP contribution is 2.32. The zero-order valence-corrected chi connectivity index (χ0v) is 15.7. The van der Waals surface area contributed by atoms with Crippen LogP contribution in [-0.4, -0.2) is 12.5 Å². The molecule has 0 unspecified atom stereocenters. The first-order chi connectivity index (χ1) is 11.4. The smallest absolute Gasteiger partial charge is 0.262 e. The number of halogens is 3. The van der Waals surface area contributed by atoms with Gasteiger partial charge in [-0.3, -0.25) is 4.79 Å². The summed E-state index contributed by atoms with van der Waals surface area (Å²) in [6.07, 6.45) is 0.992. The van der Waals surface area contributed by atoms with Gasteiger partial charge in [-0.25, -0.2) is 0 Å². The number of hydrogen-bond donors (Lipinski definition) is 1. The minimum absolute atomic E-state index is 0.121. The number of ether oxygens (including phenoxy) is 1. The SMILES string of the molecule is CC[C@H](C)c1ccccc1OCC(=O)Nc1cc(Cl)c(Cl)cc1Cl. The van der Waals surface area contributed by atoms with Crippen molar-refractivity contribution in [2.75, 3.05) is 11.9 Å².